The first-order valence-electron chi connectivity index (χ1n) is 11.4. The quantitative estimate of drug-likeness (QED) is 0.257. The first-order chi connectivity index (χ1) is 16.6. The van der Waals surface area contributed by atoms with Gasteiger partial charge < -0.3 is 0 Å². The molecule has 0 bridgehead atoms. The van der Waals surface area contributed by atoms with Crippen LogP contribution in [0.1, 0.15) is 16.7 Å². The maximum atomic E-state index is 9.07. The Morgan fingerprint density at radius 3 is 1.94 bits per heavy atom. The zero-order chi connectivity index (χ0) is 23.2. The zero-order valence-corrected chi connectivity index (χ0v) is 19.1. The molecule has 0 aliphatic carbocycles. The van der Waals surface area contributed by atoms with Crippen molar-refractivity contribution in [2.24, 2.45) is 0 Å². The van der Waals surface area contributed by atoms with Crippen molar-refractivity contribution in [2.45, 2.75) is 13.8 Å². The molecule has 2 heteroatoms. The second-order valence-electron chi connectivity index (χ2n) is 8.98. The van der Waals surface area contributed by atoms with Gasteiger partial charge in [0.2, 0.25) is 0 Å². The third kappa shape index (κ3) is 3.31. The van der Waals surface area contributed by atoms with E-state index in [0.717, 1.165) is 22.4 Å². The molecule has 0 spiro atoms. The summed E-state index contributed by atoms with van der Waals surface area (Å²) in [6.07, 6.45) is 1.92. The fourth-order valence-electron chi connectivity index (χ4n) is 5.07. The molecular weight excluding hydrogens is 412 g/mol. The molecule has 0 saturated carbocycles. The Labute approximate surface area is 198 Å². The minimum atomic E-state index is 0.678. The molecule has 0 aliphatic heterocycles. The highest BCUT2D eigenvalue weighted by Gasteiger charge is 2.11. The summed E-state index contributed by atoms with van der Waals surface area (Å²) < 4.78 is 0. The zero-order valence-electron chi connectivity index (χ0n) is 19.1. The smallest absolute Gasteiger partial charge is 0.0991 e. The summed E-state index contributed by atoms with van der Waals surface area (Å²) in [6.45, 7) is 4.27. The topological polar surface area (TPSA) is 36.7 Å². The van der Waals surface area contributed by atoms with Gasteiger partial charge in [-0.2, -0.15) is 5.26 Å². The van der Waals surface area contributed by atoms with Crippen LogP contribution in [0.2, 0.25) is 0 Å². The highest BCUT2D eigenvalue weighted by molar-refractivity contribution is 6.19. The Balaban J connectivity index is 1.53. The van der Waals surface area contributed by atoms with E-state index in [1.807, 2.05) is 30.5 Å². The second-order valence-corrected chi connectivity index (χ2v) is 8.98. The van der Waals surface area contributed by atoms with Gasteiger partial charge in [0, 0.05) is 17.1 Å². The van der Waals surface area contributed by atoms with E-state index in [-0.39, 0.29) is 0 Å². The van der Waals surface area contributed by atoms with Gasteiger partial charge >= 0.3 is 0 Å². The van der Waals surface area contributed by atoms with E-state index in [1.165, 1.54) is 43.4 Å². The number of benzene rings is 5. The monoisotopic (exact) mass is 434 g/mol. The van der Waals surface area contributed by atoms with Crippen LogP contribution in [-0.4, -0.2) is 4.98 Å². The van der Waals surface area contributed by atoms with E-state index in [0.29, 0.717) is 5.56 Å². The molecule has 5 aromatic carbocycles. The lowest BCUT2D eigenvalue weighted by Gasteiger charge is -2.12. The van der Waals surface area contributed by atoms with Crippen molar-refractivity contribution in [1.82, 2.24) is 4.98 Å². The number of aromatic nitrogens is 1. The maximum Gasteiger partial charge on any atom is 0.0991 e. The van der Waals surface area contributed by atoms with Crippen LogP contribution in [0.15, 0.2) is 97.2 Å². The molecule has 0 radical (unpaired) electrons. The molecule has 6 aromatic rings. The lowest BCUT2D eigenvalue weighted by molar-refractivity contribution is 1.33. The molecule has 160 valence electrons. The lowest BCUT2D eigenvalue weighted by Crippen LogP contribution is -1.90. The first kappa shape index (κ1) is 20.1. The number of pyridine rings is 1. The summed E-state index contributed by atoms with van der Waals surface area (Å²) in [7, 11) is 0. The second kappa shape index (κ2) is 7.83. The van der Waals surface area contributed by atoms with E-state index in [2.05, 4.69) is 86.6 Å². The maximum absolute atomic E-state index is 9.07. The van der Waals surface area contributed by atoms with Gasteiger partial charge in [0.15, 0.2) is 0 Å². The normalized spacial score (nSPS) is 11.2. The summed E-state index contributed by atoms with van der Waals surface area (Å²) in [5.74, 6) is 0. The Morgan fingerprint density at radius 2 is 1.18 bits per heavy atom. The van der Waals surface area contributed by atoms with Gasteiger partial charge in [-0.3, -0.25) is 4.98 Å². The molecular formula is C32H22N2. The molecule has 1 heterocycles. The van der Waals surface area contributed by atoms with Crippen molar-refractivity contribution < 1.29 is 0 Å². The lowest BCUT2D eigenvalue weighted by atomic mass is 9.93. The number of rotatable bonds is 2. The first-order valence-corrected chi connectivity index (χ1v) is 11.4. The average molecular weight is 435 g/mol. The predicted octanol–water partition coefficient (Wildman–Crippen LogP) is 8.36. The third-order valence-corrected chi connectivity index (χ3v) is 6.60. The van der Waals surface area contributed by atoms with Gasteiger partial charge in [-0.1, -0.05) is 65.7 Å². The van der Waals surface area contributed by atoms with Crippen molar-refractivity contribution in [3.05, 3.63) is 114 Å². The van der Waals surface area contributed by atoms with Crippen LogP contribution < -0.4 is 0 Å². The molecule has 0 fully saturated rings. The molecule has 6 rings (SSSR count). The molecule has 0 amide bonds. The number of nitrogens with zero attached hydrogens (tertiary/aromatic N) is 2. The largest absolute Gasteiger partial charge is 0.256 e. The third-order valence-electron chi connectivity index (χ3n) is 6.60. The molecule has 0 atom stereocenters. The van der Waals surface area contributed by atoms with Crippen LogP contribution in [0.4, 0.5) is 0 Å². The molecule has 0 unspecified atom stereocenters. The average Bonchev–Trinajstić information content (AvgIpc) is 2.87. The van der Waals surface area contributed by atoms with E-state index in [9.17, 15) is 0 Å². The van der Waals surface area contributed by atoms with E-state index in [1.54, 1.807) is 0 Å². The van der Waals surface area contributed by atoms with Crippen molar-refractivity contribution >= 4 is 32.3 Å². The highest BCUT2D eigenvalue weighted by Crippen LogP contribution is 2.36. The van der Waals surface area contributed by atoms with Gasteiger partial charge in [0.25, 0.3) is 0 Å². The summed E-state index contributed by atoms with van der Waals surface area (Å²) in [6, 6.07) is 34.2. The van der Waals surface area contributed by atoms with Crippen LogP contribution in [-0.2, 0) is 0 Å². The van der Waals surface area contributed by atoms with E-state index in [4.69, 9.17) is 10.2 Å². The Hall–Kier alpha value is -4.48. The van der Waals surface area contributed by atoms with Gasteiger partial charge in [-0.15, -0.1) is 0 Å². The predicted molar refractivity (Wildman–Crippen MR) is 142 cm³/mol. The summed E-state index contributed by atoms with van der Waals surface area (Å²) in [5, 5.41) is 16.4. The SMILES string of the molecule is Cc1cc(C)cc(-c2nccc3c2ccc2c4ccc(-c5ccc(C#N)cc5)cc4ccc32)c1. The van der Waals surface area contributed by atoms with Crippen molar-refractivity contribution in [1.29, 1.82) is 5.26 Å². The number of hydrogen-bond acceptors (Lipinski definition) is 2. The summed E-state index contributed by atoms with van der Waals surface area (Å²) >= 11 is 0. The van der Waals surface area contributed by atoms with Gasteiger partial charge in [0.1, 0.15) is 0 Å². The number of nitriles is 1. The van der Waals surface area contributed by atoms with Crippen molar-refractivity contribution in [3.8, 4) is 28.5 Å². The fraction of sp³-hybridized carbons (Fsp3) is 0.0625. The molecule has 0 aliphatic rings. The van der Waals surface area contributed by atoms with Gasteiger partial charge in [-0.25, -0.2) is 0 Å². The minimum absolute atomic E-state index is 0.678. The molecule has 0 saturated heterocycles. The fourth-order valence-corrected chi connectivity index (χ4v) is 5.07. The summed E-state index contributed by atoms with van der Waals surface area (Å²) in [4.78, 5) is 4.77. The number of hydrogen-bond donors (Lipinski definition) is 0. The van der Waals surface area contributed by atoms with Crippen molar-refractivity contribution in [3.63, 3.8) is 0 Å². The highest BCUT2D eigenvalue weighted by atomic mass is 14.7. The van der Waals surface area contributed by atoms with Crippen LogP contribution in [0.3, 0.4) is 0 Å². The molecule has 34 heavy (non-hydrogen) atoms. The van der Waals surface area contributed by atoms with Gasteiger partial charge in [0.05, 0.1) is 17.3 Å². The number of aryl methyl sites for hydroxylation is 2. The Bertz CT molecular complexity index is 1750. The van der Waals surface area contributed by atoms with E-state index >= 15 is 0 Å². The Morgan fingerprint density at radius 1 is 0.559 bits per heavy atom. The van der Waals surface area contributed by atoms with Crippen LogP contribution in [0.25, 0.3) is 54.7 Å². The van der Waals surface area contributed by atoms with Crippen LogP contribution in [0, 0.1) is 25.2 Å². The minimum Gasteiger partial charge on any atom is -0.256 e. The van der Waals surface area contributed by atoms with Gasteiger partial charge in [-0.05, 0) is 88.3 Å². The van der Waals surface area contributed by atoms with Crippen molar-refractivity contribution in [2.75, 3.05) is 0 Å². The summed E-state index contributed by atoms with van der Waals surface area (Å²) in [5.41, 5.74) is 7.63. The van der Waals surface area contributed by atoms with E-state index < -0.39 is 0 Å². The van der Waals surface area contributed by atoms with Crippen LogP contribution in [0.5, 0.6) is 0 Å². The molecule has 1 aromatic heterocycles. The Kier molecular flexibility index (Phi) is 4.64. The molecule has 2 nitrogen and oxygen atoms in total. The standard InChI is InChI=1S/C32H22N2/c1-20-15-21(2)17-26(16-20)32-31-12-11-28-27-9-7-24(23-5-3-22(19-33)4-6-23)18-25(27)8-10-29(28)30(31)13-14-34-32/h3-18H,1-2H3. The molecule has 0 N–H and O–H groups in total. The number of fused-ring (bicyclic) bond motifs is 5. The van der Waals surface area contributed by atoms with Crippen LogP contribution >= 0.6 is 0 Å².